The molecule has 1 aliphatic heterocycles. The quantitative estimate of drug-likeness (QED) is 0.847. The van der Waals surface area contributed by atoms with Crippen molar-refractivity contribution in [3.8, 4) is 0 Å². The number of thioether (sulfide) groups is 1. The zero-order valence-electron chi connectivity index (χ0n) is 11.2. The van der Waals surface area contributed by atoms with Gasteiger partial charge in [0.2, 0.25) is 5.91 Å². The SMILES string of the molecule is O=C1CSc2ccc(C(=O)Nc3cc(Cl)ccc3Cl)cc2N1. The van der Waals surface area contributed by atoms with Gasteiger partial charge in [-0.15, -0.1) is 11.8 Å². The van der Waals surface area contributed by atoms with Crippen molar-refractivity contribution in [3.63, 3.8) is 0 Å². The van der Waals surface area contributed by atoms with Gasteiger partial charge < -0.3 is 10.6 Å². The molecule has 0 aromatic heterocycles. The topological polar surface area (TPSA) is 58.2 Å². The van der Waals surface area contributed by atoms with Crippen LogP contribution in [0.2, 0.25) is 10.0 Å². The average Bonchev–Trinajstić information content (AvgIpc) is 2.50. The molecular formula is C15H10Cl2N2O2S. The summed E-state index contributed by atoms with van der Waals surface area (Å²) in [6.07, 6.45) is 0. The maximum absolute atomic E-state index is 12.3. The largest absolute Gasteiger partial charge is 0.324 e. The fraction of sp³-hybridized carbons (Fsp3) is 0.0667. The van der Waals surface area contributed by atoms with Crippen LogP contribution >= 0.6 is 35.0 Å². The van der Waals surface area contributed by atoms with Crippen LogP contribution < -0.4 is 10.6 Å². The lowest BCUT2D eigenvalue weighted by molar-refractivity contribution is -0.113. The average molecular weight is 353 g/mol. The van der Waals surface area contributed by atoms with Crippen LogP contribution in [0.1, 0.15) is 10.4 Å². The molecule has 0 saturated carbocycles. The smallest absolute Gasteiger partial charge is 0.255 e. The van der Waals surface area contributed by atoms with Gasteiger partial charge in [0.05, 0.1) is 22.2 Å². The number of carbonyl (C=O) groups is 2. The number of carbonyl (C=O) groups excluding carboxylic acids is 2. The Hall–Kier alpha value is -1.69. The summed E-state index contributed by atoms with van der Waals surface area (Å²) >= 11 is 13.4. The van der Waals surface area contributed by atoms with E-state index in [1.165, 1.54) is 11.8 Å². The Morgan fingerprint density at radius 1 is 1.18 bits per heavy atom. The van der Waals surface area contributed by atoms with Crippen LogP contribution in [0.15, 0.2) is 41.3 Å². The van der Waals surface area contributed by atoms with Gasteiger partial charge in [0.25, 0.3) is 5.91 Å². The van der Waals surface area contributed by atoms with E-state index >= 15 is 0 Å². The number of rotatable bonds is 2. The molecule has 112 valence electrons. The van der Waals surface area contributed by atoms with Gasteiger partial charge in [-0.1, -0.05) is 23.2 Å². The van der Waals surface area contributed by atoms with Gasteiger partial charge in [0.1, 0.15) is 0 Å². The summed E-state index contributed by atoms with van der Waals surface area (Å²) in [5.41, 5.74) is 1.51. The molecule has 2 N–H and O–H groups in total. The second-order valence-corrected chi connectivity index (χ2v) is 6.49. The number of amides is 2. The first kappa shape index (κ1) is 15.2. The highest BCUT2D eigenvalue weighted by Crippen LogP contribution is 2.32. The predicted molar refractivity (Wildman–Crippen MR) is 90.2 cm³/mol. The maximum Gasteiger partial charge on any atom is 0.255 e. The molecule has 0 atom stereocenters. The van der Waals surface area contributed by atoms with E-state index in [9.17, 15) is 9.59 Å². The van der Waals surface area contributed by atoms with E-state index in [4.69, 9.17) is 23.2 Å². The van der Waals surface area contributed by atoms with E-state index < -0.39 is 0 Å². The van der Waals surface area contributed by atoms with Gasteiger partial charge in [-0.05, 0) is 36.4 Å². The second-order valence-electron chi connectivity index (χ2n) is 4.63. The number of halogens is 2. The van der Waals surface area contributed by atoms with Crippen molar-refractivity contribution in [2.24, 2.45) is 0 Å². The van der Waals surface area contributed by atoms with Crippen molar-refractivity contribution >= 4 is 58.2 Å². The van der Waals surface area contributed by atoms with Crippen LogP contribution in [-0.4, -0.2) is 17.6 Å². The van der Waals surface area contributed by atoms with Crippen molar-refractivity contribution in [3.05, 3.63) is 52.0 Å². The molecule has 3 rings (SSSR count). The third kappa shape index (κ3) is 3.21. The minimum atomic E-state index is -0.322. The summed E-state index contributed by atoms with van der Waals surface area (Å²) in [7, 11) is 0. The molecule has 0 aliphatic carbocycles. The van der Waals surface area contributed by atoms with Crippen LogP contribution in [0.25, 0.3) is 0 Å². The summed E-state index contributed by atoms with van der Waals surface area (Å²) in [6, 6.07) is 10.0. The number of benzene rings is 2. The summed E-state index contributed by atoms with van der Waals surface area (Å²) in [5, 5.41) is 6.35. The minimum absolute atomic E-state index is 0.0760. The van der Waals surface area contributed by atoms with Crippen molar-refractivity contribution < 1.29 is 9.59 Å². The van der Waals surface area contributed by atoms with Crippen molar-refractivity contribution in [2.75, 3.05) is 16.4 Å². The zero-order valence-corrected chi connectivity index (χ0v) is 13.5. The third-order valence-corrected chi connectivity index (χ3v) is 4.69. The second kappa shape index (κ2) is 6.20. The van der Waals surface area contributed by atoms with Crippen LogP contribution in [-0.2, 0) is 4.79 Å². The number of hydrogen-bond donors (Lipinski definition) is 2. The van der Waals surface area contributed by atoms with E-state index in [1.807, 2.05) is 6.07 Å². The normalized spacial score (nSPS) is 13.3. The van der Waals surface area contributed by atoms with Gasteiger partial charge >= 0.3 is 0 Å². The molecule has 0 fully saturated rings. The Balaban J connectivity index is 1.85. The van der Waals surface area contributed by atoms with E-state index in [2.05, 4.69) is 10.6 Å². The number of hydrogen-bond acceptors (Lipinski definition) is 3. The number of anilines is 2. The molecule has 2 aromatic carbocycles. The highest BCUT2D eigenvalue weighted by molar-refractivity contribution is 8.00. The molecule has 2 amide bonds. The highest BCUT2D eigenvalue weighted by Gasteiger charge is 2.17. The Kier molecular flexibility index (Phi) is 4.29. The monoisotopic (exact) mass is 352 g/mol. The zero-order chi connectivity index (χ0) is 15.7. The number of fused-ring (bicyclic) bond motifs is 1. The molecule has 1 heterocycles. The van der Waals surface area contributed by atoms with E-state index in [-0.39, 0.29) is 11.8 Å². The Morgan fingerprint density at radius 3 is 2.82 bits per heavy atom. The van der Waals surface area contributed by atoms with Gasteiger partial charge in [0.15, 0.2) is 0 Å². The molecule has 0 saturated heterocycles. The Labute approximate surface area is 141 Å². The standard InChI is InChI=1S/C15H10Cl2N2O2S/c16-9-2-3-10(17)11(6-9)19-15(21)8-1-4-13-12(5-8)18-14(20)7-22-13/h1-6H,7H2,(H,18,20)(H,19,21). The van der Waals surface area contributed by atoms with Crippen LogP contribution in [0, 0.1) is 0 Å². The molecule has 2 aromatic rings. The molecule has 4 nitrogen and oxygen atoms in total. The summed E-state index contributed by atoms with van der Waals surface area (Å²) in [5.74, 6) is -0.0128. The van der Waals surface area contributed by atoms with Crippen molar-refractivity contribution in [1.29, 1.82) is 0 Å². The summed E-state index contributed by atoms with van der Waals surface area (Å²) in [6.45, 7) is 0. The molecular weight excluding hydrogens is 343 g/mol. The van der Waals surface area contributed by atoms with E-state index in [0.717, 1.165) is 4.90 Å². The lowest BCUT2D eigenvalue weighted by Gasteiger charge is -2.17. The first-order chi connectivity index (χ1) is 10.5. The molecule has 0 unspecified atom stereocenters. The third-order valence-electron chi connectivity index (χ3n) is 3.05. The van der Waals surface area contributed by atoms with Gasteiger partial charge in [0, 0.05) is 15.5 Å². The molecule has 1 aliphatic rings. The Morgan fingerprint density at radius 2 is 2.00 bits per heavy atom. The highest BCUT2D eigenvalue weighted by atomic mass is 35.5. The molecule has 0 spiro atoms. The molecule has 7 heteroatoms. The predicted octanol–water partition coefficient (Wildman–Crippen LogP) is 4.29. The minimum Gasteiger partial charge on any atom is -0.324 e. The van der Waals surface area contributed by atoms with Crippen LogP contribution in [0.3, 0.4) is 0 Å². The molecule has 0 radical (unpaired) electrons. The first-order valence-electron chi connectivity index (χ1n) is 6.36. The summed E-state index contributed by atoms with van der Waals surface area (Å²) < 4.78 is 0. The van der Waals surface area contributed by atoms with Crippen molar-refractivity contribution in [1.82, 2.24) is 0 Å². The lowest BCUT2D eigenvalue weighted by Crippen LogP contribution is -2.20. The van der Waals surface area contributed by atoms with E-state index in [1.54, 1.807) is 30.3 Å². The fourth-order valence-electron chi connectivity index (χ4n) is 2.01. The van der Waals surface area contributed by atoms with Gasteiger partial charge in [-0.3, -0.25) is 9.59 Å². The fourth-order valence-corrected chi connectivity index (χ4v) is 3.14. The van der Waals surface area contributed by atoms with Crippen LogP contribution in [0.5, 0.6) is 0 Å². The Bertz CT molecular complexity index is 780. The first-order valence-corrected chi connectivity index (χ1v) is 8.10. The lowest BCUT2D eigenvalue weighted by atomic mass is 10.1. The van der Waals surface area contributed by atoms with E-state index in [0.29, 0.717) is 32.7 Å². The molecule has 0 bridgehead atoms. The molecule has 22 heavy (non-hydrogen) atoms. The van der Waals surface area contributed by atoms with Gasteiger partial charge in [-0.25, -0.2) is 0 Å². The summed E-state index contributed by atoms with van der Waals surface area (Å²) in [4.78, 5) is 24.7. The van der Waals surface area contributed by atoms with Gasteiger partial charge in [-0.2, -0.15) is 0 Å². The van der Waals surface area contributed by atoms with Crippen molar-refractivity contribution in [2.45, 2.75) is 4.90 Å². The number of nitrogens with one attached hydrogen (secondary N) is 2. The van der Waals surface area contributed by atoms with Crippen LogP contribution in [0.4, 0.5) is 11.4 Å². The maximum atomic E-state index is 12.3.